The number of nitrogens with zero attached hydrogens (tertiary/aromatic N) is 2. The molecule has 0 bridgehead atoms. The number of hydrogen-bond donors (Lipinski definition) is 0. The van der Waals surface area contributed by atoms with E-state index in [0.717, 1.165) is 4.47 Å². The van der Waals surface area contributed by atoms with Gasteiger partial charge in [-0.05, 0) is 36.4 Å². The molecule has 3 aromatic rings. The first kappa shape index (κ1) is 14.5. The predicted molar refractivity (Wildman–Crippen MR) is 85.8 cm³/mol. The molecule has 0 saturated heterocycles. The Labute approximate surface area is 134 Å². The van der Waals surface area contributed by atoms with Gasteiger partial charge in [-0.3, -0.25) is 9.36 Å². The monoisotopic (exact) mass is 358 g/mol. The molecule has 6 heteroatoms. The summed E-state index contributed by atoms with van der Waals surface area (Å²) < 4.78 is 7.32. The molecule has 0 fully saturated rings. The van der Waals surface area contributed by atoms with Crippen molar-refractivity contribution in [3.63, 3.8) is 0 Å². The third kappa shape index (κ3) is 3.07. The summed E-state index contributed by atoms with van der Waals surface area (Å²) in [6.07, 6.45) is 1.35. The molecule has 2 aromatic carbocycles. The Morgan fingerprint density at radius 2 is 1.86 bits per heavy atom. The molecule has 0 saturated carbocycles. The molecular weight excluding hydrogens is 348 g/mol. The van der Waals surface area contributed by atoms with E-state index in [2.05, 4.69) is 20.9 Å². The normalized spacial score (nSPS) is 10.6. The van der Waals surface area contributed by atoms with Crippen LogP contribution in [0.2, 0.25) is 0 Å². The maximum atomic E-state index is 12.3. The van der Waals surface area contributed by atoms with E-state index in [-0.39, 0.29) is 12.1 Å². The summed E-state index contributed by atoms with van der Waals surface area (Å²) in [5, 5.41) is 0.474. The van der Waals surface area contributed by atoms with E-state index in [1.54, 1.807) is 48.5 Å². The maximum Gasteiger partial charge on any atom is 0.331 e. The summed E-state index contributed by atoms with van der Waals surface area (Å²) >= 11 is 3.30. The van der Waals surface area contributed by atoms with Gasteiger partial charge in [0.25, 0.3) is 5.56 Å². The molecule has 22 heavy (non-hydrogen) atoms. The zero-order chi connectivity index (χ0) is 15.5. The molecule has 0 aliphatic heterocycles. The molecule has 0 amide bonds. The summed E-state index contributed by atoms with van der Waals surface area (Å²) in [5.41, 5.74) is 0.336. The van der Waals surface area contributed by atoms with Crippen LogP contribution in [0.3, 0.4) is 0 Å². The van der Waals surface area contributed by atoms with Crippen LogP contribution in [-0.2, 0) is 11.3 Å². The fraction of sp³-hybridized carbons (Fsp3) is 0.0625. The number of hydrogen-bond acceptors (Lipinski definition) is 4. The maximum absolute atomic E-state index is 12.3. The van der Waals surface area contributed by atoms with Crippen LogP contribution in [0.5, 0.6) is 5.75 Å². The fourth-order valence-corrected chi connectivity index (χ4v) is 2.29. The topological polar surface area (TPSA) is 61.2 Å². The molecule has 0 spiro atoms. The first-order chi connectivity index (χ1) is 10.6. The summed E-state index contributed by atoms with van der Waals surface area (Å²) in [5.74, 6) is -0.100. The highest BCUT2D eigenvalue weighted by Crippen LogP contribution is 2.16. The van der Waals surface area contributed by atoms with Crippen LogP contribution in [0.25, 0.3) is 10.9 Å². The highest BCUT2D eigenvalue weighted by atomic mass is 79.9. The molecule has 0 N–H and O–H groups in total. The first-order valence-electron chi connectivity index (χ1n) is 6.54. The minimum atomic E-state index is -0.526. The van der Waals surface area contributed by atoms with Gasteiger partial charge in [-0.1, -0.05) is 28.1 Å². The standard InChI is InChI=1S/C16H11BrN2O3/c17-11-5-7-12(8-6-11)22-15(20)9-19-10-18-14-4-2-1-3-13(14)16(19)21/h1-8,10H,9H2. The zero-order valence-electron chi connectivity index (χ0n) is 11.4. The van der Waals surface area contributed by atoms with E-state index in [1.807, 2.05) is 0 Å². The molecule has 0 radical (unpaired) electrons. The molecule has 1 aromatic heterocycles. The van der Waals surface area contributed by atoms with Gasteiger partial charge in [0.2, 0.25) is 0 Å². The van der Waals surface area contributed by atoms with Crippen molar-refractivity contribution in [1.82, 2.24) is 9.55 Å². The van der Waals surface area contributed by atoms with E-state index in [1.165, 1.54) is 10.9 Å². The number of rotatable bonds is 3. The Hall–Kier alpha value is -2.47. The molecule has 5 nitrogen and oxygen atoms in total. The van der Waals surface area contributed by atoms with Gasteiger partial charge in [0.1, 0.15) is 12.3 Å². The fourth-order valence-electron chi connectivity index (χ4n) is 2.02. The van der Waals surface area contributed by atoms with Crippen LogP contribution in [0, 0.1) is 0 Å². The first-order valence-corrected chi connectivity index (χ1v) is 7.33. The summed E-state index contributed by atoms with van der Waals surface area (Å²) in [4.78, 5) is 28.4. The van der Waals surface area contributed by atoms with Gasteiger partial charge in [-0.15, -0.1) is 0 Å². The second-order valence-electron chi connectivity index (χ2n) is 4.62. The van der Waals surface area contributed by atoms with E-state index in [9.17, 15) is 9.59 Å². The number of fused-ring (bicyclic) bond motifs is 1. The van der Waals surface area contributed by atoms with Crippen molar-refractivity contribution < 1.29 is 9.53 Å². The molecule has 1 heterocycles. The Bertz CT molecular complexity index is 888. The highest BCUT2D eigenvalue weighted by Gasteiger charge is 2.09. The highest BCUT2D eigenvalue weighted by molar-refractivity contribution is 9.10. The number of para-hydroxylation sites is 1. The number of halogens is 1. The number of benzene rings is 2. The largest absolute Gasteiger partial charge is 0.425 e. The van der Waals surface area contributed by atoms with Crippen molar-refractivity contribution in [2.75, 3.05) is 0 Å². The van der Waals surface area contributed by atoms with Crippen LogP contribution < -0.4 is 10.3 Å². The van der Waals surface area contributed by atoms with Gasteiger partial charge >= 0.3 is 5.97 Å². The summed E-state index contributed by atoms with van der Waals surface area (Å²) in [7, 11) is 0. The van der Waals surface area contributed by atoms with Crippen molar-refractivity contribution >= 4 is 32.8 Å². The summed E-state index contributed by atoms with van der Waals surface area (Å²) in [6.45, 7) is -0.188. The zero-order valence-corrected chi connectivity index (χ0v) is 13.0. The molecular formula is C16H11BrN2O3. The quantitative estimate of drug-likeness (QED) is 0.533. The summed E-state index contributed by atoms with van der Waals surface area (Å²) in [6, 6.07) is 13.9. The van der Waals surface area contributed by atoms with E-state index in [4.69, 9.17) is 4.74 Å². The lowest BCUT2D eigenvalue weighted by Crippen LogP contribution is -2.26. The molecule has 0 aliphatic carbocycles. The second-order valence-corrected chi connectivity index (χ2v) is 5.54. The minimum absolute atomic E-state index is 0.188. The average molecular weight is 359 g/mol. The number of carbonyl (C=O) groups is 1. The number of esters is 1. The average Bonchev–Trinajstić information content (AvgIpc) is 2.53. The lowest BCUT2D eigenvalue weighted by molar-refractivity contribution is -0.135. The van der Waals surface area contributed by atoms with Crippen molar-refractivity contribution in [2.24, 2.45) is 0 Å². The van der Waals surface area contributed by atoms with Crippen LogP contribution in [-0.4, -0.2) is 15.5 Å². The number of ether oxygens (including phenoxy) is 1. The molecule has 0 aliphatic rings. The van der Waals surface area contributed by atoms with Crippen molar-refractivity contribution in [3.05, 3.63) is 69.7 Å². The van der Waals surface area contributed by atoms with Crippen LogP contribution in [0.15, 0.2) is 64.1 Å². The van der Waals surface area contributed by atoms with Gasteiger partial charge in [0, 0.05) is 4.47 Å². The predicted octanol–water partition coefficient (Wildman–Crippen LogP) is 2.76. The van der Waals surface area contributed by atoms with Gasteiger partial charge in [-0.2, -0.15) is 0 Å². The Balaban J connectivity index is 1.81. The van der Waals surface area contributed by atoms with E-state index >= 15 is 0 Å². The lowest BCUT2D eigenvalue weighted by Gasteiger charge is -2.07. The Morgan fingerprint density at radius 1 is 1.14 bits per heavy atom. The van der Waals surface area contributed by atoms with Gasteiger partial charge in [-0.25, -0.2) is 9.78 Å². The van der Waals surface area contributed by atoms with Crippen molar-refractivity contribution in [1.29, 1.82) is 0 Å². The van der Waals surface area contributed by atoms with Crippen LogP contribution >= 0.6 is 15.9 Å². The third-order valence-corrected chi connectivity index (χ3v) is 3.60. The third-order valence-electron chi connectivity index (χ3n) is 3.08. The lowest BCUT2D eigenvalue weighted by atomic mass is 10.2. The molecule has 0 unspecified atom stereocenters. The SMILES string of the molecule is O=C(Cn1cnc2ccccc2c1=O)Oc1ccc(Br)cc1. The second kappa shape index (κ2) is 6.11. The molecule has 0 atom stereocenters. The molecule has 3 rings (SSSR count). The Morgan fingerprint density at radius 3 is 2.64 bits per heavy atom. The van der Waals surface area contributed by atoms with Crippen molar-refractivity contribution in [2.45, 2.75) is 6.54 Å². The number of carbonyl (C=O) groups excluding carboxylic acids is 1. The van der Waals surface area contributed by atoms with Crippen molar-refractivity contribution in [3.8, 4) is 5.75 Å². The smallest absolute Gasteiger partial charge is 0.331 e. The van der Waals surface area contributed by atoms with Crippen LogP contribution in [0.1, 0.15) is 0 Å². The van der Waals surface area contributed by atoms with Gasteiger partial charge < -0.3 is 4.74 Å². The Kier molecular flexibility index (Phi) is 4.02. The van der Waals surface area contributed by atoms with Crippen LogP contribution in [0.4, 0.5) is 0 Å². The van der Waals surface area contributed by atoms with Gasteiger partial charge in [0.05, 0.1) is 17.2 Å². The minimum Gasteiger partial charge on any atom is -0.425 e. The van der Waals surface area contributed by atoms with E-state index < -0.39 is 5.97 Å². The number of aromatic nitrogens is 2. The molecule has 110 valence electrons. The van der Waals surface area contributed by atoms with E-state index in [0.29, 0.717) is 16.7 Å². The van der Waals surface area contributed by atoms with Gasteiger partial charge in [0.15, 0.2) is 0 Å².